The van der Waals surface area contributed by atoms with Crippen LogP contribution in [0.2, 0.25) is 0 Å². The molecule has 15 nitrogen and oxygen atoms in total. The number of anilines is 1. The molecular formula is C33H40KN3O12. The zero-order valence-corrected chi connectivity index (χ0v) is 30.4. The second-order valence-corrected chi connectivity index (χ2v) is 11.7. The van der Waals surface area contributed by atoms with Crippen LogP contribution in [0.5, 0.6) is 5.75 Å². The van der Waals surface area contributed by atoms with Crippen molar-refractivity contribution in [2.75, 3.05) is 18.8 Å². The van der Waals surface area contributed by atoms with Gasteiger partial charge in [0, 0.05) is 43.1 Å². The zero-order valence-electron chi connectivity index (χ0n) is 27.3. The van der Waals surface area contributed by atoms with Gasteiger partial charge in [-0.05, 0) is 43.0 Å². The smallest absolute Gasteiger partial charge is 0.872 e. The predicted molar refractivity (Wildman–Crippen MR) is 169 cm³/mol. The number of aliphatic hydroxyl groups excluding tert-OH is 3. The third-order valence-electron chi connectivity index (χ3n) is 8.14. The molecule has 16 heteroatoms. The molecule has 2 amide bonds. The minimum Gasteiger partial charge on any atom is -0.872 e. The van der Waals surface area contributed by atoms with Crippen molar-refractivity contribution in [1.29, 1.82) is 0 Å². The van der Waals surface area contributed by atoms with Gasteiger partial charge >= 0.3 is 63.0 Å². The number of hydrogen-bond acceptors (Lipinski definition) is 12. The number of rotatable bonds is 15. The number of carbonyl (C=O) groups excluding carboxylic acids is 2. The van der Waals surface area contributed by atoms with Crippen molar-refractivity contribution in [3.8, 4) is 5.75 Å². The number of aliphatic hydroxyl groups is 3. The second-order valence-electron chi connectivity index (χ2n) is 11.7. The first-order valence-electron chi connectivity index (χ1n) is 15.5. The van der Waals surface area contributed by atoms with Crippen LogP contribution >= 0.6 is 0 Å². The van der Waals surface area contributed by atoms with E-state index in [0.717, 1.165) is 0 Å². The van der Waals surface area contributed by atoms with Gasteiger partial charge in [0.25, 0.3) is 0 Å². The van der Waals surface area contributed by atoms with Crippen LogP contribution in [0, 0.1) is 6.92 Å². The Bertz CT molecular complexity index is 1650. The number of nitrogen functional groups attached to an aromatic ring is 1. The average molecular weight is 710 g/mol. The number of aryl methyl sites for hydroxylation is 1. The molecule has 1 aliphatic rings. The Labute approximate surface area is 324 Å². The third kappa shape index (κ3) is 11.3. The maximum atomic E-state index is 12.5. The Kier molecular flexibility index (Phi) is 15.6. The molecule has 6 atom stereocenters. The van der Waals surface area contributed by atoms with Crippen LogP contribution in [-0.4, -0.2) is 88.1 Å². The summed E-state index contributed by atoms with van der Waals surface area (Å²) in [5.41, 5.74) is 7.36. The van der Waals surface area contributed by atoms with Crippen molar-refractivity contribution in [2.45, 2.75) is 82.3 Å². The molecule has 260 valence electrons. The summed E-state index contributed by atoms with van der Waals surface area (Å²) in [4.78, 5) is 49.1. The van der Waals surface area contributed by atoms with E-state index in [0.29, 0.717) is 53.6 Å². The summed E-state index contributed by atoms with van der Waals surface area (Å²) in [5.74, 6) is -2.35. The summed E-state index contributed by atoms with van der Waals surface area (Å²) in [7, 11) is 0. The van der Waals surface area contributed by atoms with Gasteiger partial charge in [0.05, 0.1) is 12.0 Å². The third-order valence-corrected chi connectivity index (χ3v) is 8.14. The molecule has 1 saturated heterocycles. The first kappa shape index (κ1) is 40.5. The molecule has 1 aliphatic heterocycles. The molecule has 1 fully saturated rings. The van der Waals surface area contributed by atoms with E-state index in [-0.39, 0.29) is 100 Å². The Morgan fingerprint density at radius 2 is 1.69 bits per heavy atom. The van der Waals surface area contributed by atoms with Gasteiger partial charge in [0.2, 0.25) is 11.8 Å². The molecular weight excluding hydrogens is 669 g/mol. The topological polar surface area (TPSA) is 254 Å². The maximum absolute atomic E-state index is 12.5. The molecule has 49 heavy (non-hydrogen) atoms. The van der Waals surface area contributed by atoms with E-state index < -0.39 is 48.4 Å². The Balaban J connectivity index is 0.00000650. The average Bonchev–Trinajstić information content (AvgIpc) is 3.04. The van der Waals surface area contributed by atoms with Crippen LogP contribution < -0.4 is 78.5 Å². The fourth-order valence-electron chi connectivity index (χ4n) is 5.35. The van der Waals surface area contributed by atoms with Crippen LogP contribution in [0.1, 0.15) is 42.4 Å². The summed E-state index contributed by atoms with van der Waals surface area (Å²) in [6.07, 6.45) is -7.99. The molecule has 0 radical (unpaired) electrons. The number of unbranched alkanes of at least 4 members (excludes halogenated alkanes) is 2. The minimum absolute atomic E-state index is 0. The number of amides is 2. The Morgan fingerprint density at radius 1 is 0.980 bits per heavy atom. The van der Waals surface area contributed by atoms with Crippen molar-refractivity contribution in [2.24, 2.45) is 0 Å². The summed E-state index contributed by atoms with van der Waals surface area (Å²) in [5, 5.41) is 58.1. The number of aliphatic carboxylic acids is 1. The number of carboxylic acid groups (broad SMARTS) is 1. The molecule has 0 bridgehead atoms. The molecule has 4 rings (SSSR count). The predicted octanol–water partition coefficient (Wildman–Crippen LogP) is -3.38. The van der Waals surface area contributed by atoms with Gasteiger partial charge < -0.3 is 55.8 Å². The molecule has 2 heterocycles. The SMILES string of the molecule is Cc1c(CC(=O)NCCCCCC(=O)NC[C@H]2O[C@@H](O[C@H](Cc3ccc([O-])cc3)C(=O)O)[C@H](O)[C@@H](O)[C@H]2O)c(=O)oc2cc(N)ccc12.[K+]. The van der Waals surface area contributed by atoms with E-state index in [4.69, 9.17) is 19.6 Å². The quantitative estimate of drug-likeness (QED) is 0.0352. The molecule has 0 unspecified atom stereocenters. The number of nitrogens with two attached hydrogens (primary N) is 1. The van der Waals surface area contributed by atoms with E-state index in [1.807, 2.05) is 0 Å². The first-order valence-corrected chi connectivity index (χ1v) is 15.5. The number of nitrogens with one attached hydrogen (secondary N) is 2. The van der Waals surface area contributed by atoms with Gasteiger partial charge in [-0.1, -0.05) is 30.7 Å². The number of carbonyl (C=O) groups is 3. The summed E-state index contributed by atoms with van der Waals surface area (Å²) >= 11 is 0. The van der Waals surface area contributed by atoms with Gasteiger partial charge in [0.15, 0.2) is 12.4 Å². The summed E-state index contributed by atoms with van der Waals surface area (Å²) in [6.45, 7) is 1.83. The number of fused-ring (bicyclic) bond motifs is 1. The number of ether oxygens (including phenoxy) is 2. The zero-order chi connectivity index (χ0) is 35.0. The van der Waals surface area contributed by atoms with E-state index in [9.17, 15) is 44.7 Å². The molecule has 0 spiro atoms. The van der Waals surface area contributed by atoms with Crippen molar-refractivity contribution in [3.05, 3.63) is 69.6 Å². The van der Waals surface area contributed by atoms with Crippen LogP contribution in [0.25, 0.3) is 11.0 Å². The van der Waals surface area contributed by atoms with Crippen LogP contribution in [0.3, 0.4) is 0 Å². The van der Waals surface area contributed by atoms with Crippen molar-refractivity contribution in [3.63, 3.8) is 0 Å². The Morgan fingerprint density at radius 3 is 2.39 bits per heavy atom. The maximum Gasteiger partial charge on any atom is 1.00 e. The molecule has 0 aliphatic carbocycles. The van der Waals surface area contributed by atoms with Gasteiger partial charge in [-0.3, -0.25) is 9.59 Å². The molecule has 1 aromatic heterocycles. The first-order chi connectivity index (χ1) is 22.8. The second kappa shape index (κ2) is 18.9. The van der Waals surface area contributed by atoms with Crippen LogP contribution in [-0.2, 0) is 36.7 Å². The number of carboxylic acids is 1. The van der Waals surface area contributed by atoms with Crippen molar-refractivity contribution < 1.29 is 105 Å². The van der Waals surface area contributed by atoms with Gasteiger partial charge in [-0.15, -0.1) is 5.75 Å². The van der Waals surface area contributed by atoms with Crippen molar-refractivity contribution >= 4 is 34.4 Å². The molecule has 2 aromatic carbocycles. The van der Waals surface area contributed by atoms with Gasteiger partial charge in [-0.25, -0.2) is 9.59 Å². The fraction of sp³-hybridized carbons (Fsp3) is 0.455. The number of benzene rings is 2. The van der Waals surface area contributed by atoms with E-state index in [1.54, 1.807) is 25.1 Å². The van der Waals surface area contributed by atoms with E-state index in [2.05, 4.69) is 10.6 Å². The minimum atomic E-state index is -1.77. The standard InChI is InChI=1S/C33H41N3O12.K/c1-17-21-11-8-19(34)14-23(21)46-32(45)22(17)15-27(39)35-12-4-2-3-5-26(38)36-16-25-28(40)29(41)30(42)33(48-25)47-24(31(43)44)13-18-6-9-20(37)10-7-18;/h6-11,14,24-25,28-30,33,37,40-42H,2-5,12-13,15-16,34H2,1H3,(H,35,39)(H,36,38)(H,43,44);/q;+1/p-1/t24-,25-,28+,29+,30-,33-;/m1./s1. The number of hydrogen-bond donors (Lipinski definition) is 7. The van der Waals surface area contributed by atoms with Crippen LogP contribution in [0.15, 0.2) is 51.7 Å². The fourth-order valence-corrected chi connectivity index (χ4v) is 5.35. The van der Waals surface area contributed by atoms with Gasteiger partial charge in [0.1, 0.15) is 30.0 Å². The molecule has 0 saturated carbocycles. The summed E-state index contributed by atoms with van der Waals surface area (Å²) < 4.78 is 16.3. The van der Waals surface area contributed by atoms with E-state index in [1.165, 1.54) is 24.3 Å². The van der Waals surface area contributed by atoms with Crippen molar-refractivity contribution in [1.82, 2.24) is 10.6 Å². The monoisotopic (exact) mass is 709 g/mol. The molecule has 8 N–H and O–H groups in total. The molecule has 3 aromatic rings. The Hall–Kier alpha value is -2.90. The van der Waals surface area contributed by atoms with Gasteiger partial charge in [-0.2, -0.15) is 0 Å². The summed E-state index contributed by atoms with van der Waals surface area (Å²) in [6, 6.07) is 10.4. The largest absolute Gasteiger partial charge is 1.00 e. The van der Waals surface area contributed by atoms with Crippen LogP contribution in [0.4, 0.5) is 5.69 Å². The normalized spacial score (nSPS) is 21.0. The van der Waals surface area contributed by atoms with E-state index >= 15 is 0 Å².